The SMILES string of the molecule is CCCn1ncc(Cl)c1CC1CC(C)Nc2ccccc21. The summed E-state index contributed by atoms with van der Waals surface area (Å²) in [5.41, 5.74) is 3.84. The Morgan fingerprint density at radius 3 is 3.00 bits per heavy atom. The van der Waals surface area contributed by atoms with Crippen molar-refractivity contribution in [3.63, 3.8) is 0 Å². The number of aromatic nitrogens is 2. The number of nitrogens with one attached hydrogen (secondary N) is 1. The van der Waals surface area contributed by atoms with Gasteiger partial charge in [-0.15, -0.1) is 0 Å². The van der Waals surface area contributed by atoms with Crippen LogP contribution in [0.1, 0.15) is 43.9 Å². The minimum atomic E-state index is 0.492. The third-order valence-electron chi connectivity index (χ3n) is 4.21. The number of halogens is 1. The number of anilines is 1. The summed E-state index contributed by atoms with van der Waals surface area (Å²) in [6.07, 6.45) is 4.94. The van der Waals surface area contributed by atoms with Gasteiger partial charge in [0.25, 0.3) is 0 Å². The van der Waals surface area contributed by atoms with Crippen LogP contribution in [0.4, 0.5) is 5.69 Å². The second kappa shape index (κ2) is 6.10. The molecule has 0 amide bonds. The summed E-state index contributed by atoms with van der Waals surface area (Å²) in [5, 5.41) is 8.78. The van der Waals surface area contributed by atoms with E-state index in [-0.39, 0.29) is 0 Å². The van der Waals surface area contributed by atoms with Crippen molar-refractivity contribution < 1.29 is 0 Å². The van der Waals surface area contributed by atoms with Crippen LogP contribution in [0.3, 0.4) is 0 Å². The first-order valence-electron chi connectivity index (χ1n) is 7.74. The normalized spacial score (nSPS) is 20.9. The molecule has 0 saturated heterocycles. The summed E-state index contributed by atoms with van der Waals surface area (Å²) in [6, 6.07) is 9.10. The largest absolute Gasteiger partial charge is 0.382 e. The van der Waals surface area contributed by atoms with Crippen LogP contribution in [-0.2, 0) is 13.0 Å². The van der Waals surface area contributed by atoms with Crippen LogP contribution in [-0.4, -0.2) is 15.8 Å². The van der Waals surface area contributed by atoms with Crippen molar-refractivity contribution in [1.29, 1.82) is 0 Å². The predicted molar refractivity (Wildman–Crippen MR) is 88.1 cm³/mol. The second-order valence-corrected chi connectivity index (χ2v) is 6.34. The van der Waals surface area contributed by atoms with Gasteiger partial charge in [-0.2, -0.15) is 5.10 Å². The van der Waals surface area contributed by atoms with E-state index < -0.39 is 0 Å². The summed E-state index contributed by atoms with van der Waals surface area (Å²) in [6.45, 7) is 5.35. The molecule has 0 saturated carbocycles. The highest BCUT2D eigenvalue weighted by atomic mass is 35.5. The second-order valence-electron chi connectivity index (χ2n) is 5.93. The molecule has 2 aromatic rings. The molecule has 1 aromatic heterocycles. The summed E-state index contributed by atoms with van der Waals surface area (Å²) in [5.74, 6) is 0.502. The topological polar surface area (TPSA) is 29.9 Å². The van der Waals surface area contributed by atoms with Crippen molar-refractivity contribution in [1.82, 2.24) is 9.78 Å². The molecular weight excluding hydrogens is 282 g/mol. The number of para-hydroxylation sites is 1. The van der Waals surface area contributed by atoms with Crippen LogP contribution in [0.25, 0.3) is 0 Å². The summed E-state index contributed by atoms with van der Waals surface area (Å²) >= 11 is 6.36. The number of fused-ring (bicyclic) bond motifs is 1. The molecule has 0 aliphatic carbocycles. The molecule has 0 bridgehead atoms. The van der Waals surface area contributed by atoms with Crippen LogP contribution in [0.2, 0.25) is 5.02 Å². The number of hydrogen-bond donors (Lipinski definition) is 1. The summed E-state index contributed by atoms with van der Waals surface area (Å²) in [7, 11) is 0. The zero-order chi connectivity index (χ0) is 14.8. The highest BCUT2D eigenvalue weighted by Gasteiger charge is 2.26. The van der Waals surface area contributed by atoms with Crippen LogP contribution in [0.15, 0.2) is 30.5 Å². The van der Waals surface area contributed by atoms with Crippen molar-refractivity contribution in [2.75, 3.05) is 5.32 Å². The average molecular weight is 304 g/mol. The van der Waals surface area contributed by atoms with Crippen LogP contribution < -0.4 is 5.32 Å². The lowest BCUT2D eigenvalue weighted by Gasteiger charge is -2.31. The molecule has 21 heavy (non-hydrogen) atoms. The van der Waals surface area contributed by atoms with Gasteiger partial charge in [0.1, 0.15) is 0 Å². The molecule has 1 N–H and O–H groups in total. The maximum absolute atomic E-state index is 6.36. The molecule has 1 aliphatic rings. The Kier molecular flexibility index (Phi) is 4.20. The molecule has 1 aliphatic heterocycles. The Hall–Kier alpha value is -1.48. The first-order valence-corrected chi connectivity index (χ1v) is 8.12. The Bertz CT molecular complexity index is 620. The fraction of sp³-hybridized carbons (Fsp3) is 0.471. The highest BCUT2D eigenvalue weighted by Crippen LogP contribution is 2.37. The first-order chi connectivity index (χ1) is 10.2. The molecule has 2 atom stereocenters. The Labute approximate surface area is 131 Å². The molecule has 0 fully saturated rings. The van der Waals surface area contributed by atoms with Crippen molar-refractivity contribution >= 4 is 17.3 Å². The van der Waals surface area contributed by atoms with Gasteiger partial charge in [0.2, 0.25) is 0 Å². The molecule has 3 rings (SSSR count). The van der Waals surface area contributed by atoms with Gasteiger partial charge < -0.3 is 5.32 Å². The Morgan fingerprint density at radius 2 is 2.19 bits per heavy atom. The number of rotatable bonds is 4. The van der Waals surface area contributed by atoms with E-state index in [0.29, 0.717) is 12.0 Å². The van der Waals surface area contributed by atoms with Crippen molar-refractivity contribution in [2.24, 2.45) is 0 Å². The van der Waals surface area contributed by atoms with Gasteiger partial charge in [0, 0.05) is 18.3 Å². The van der Waals surface area contributed by atoms with Crippen molar-refractivity contribution in [3.05, 3.63) is 46.7 Å². The molecule has 0 spiro atoms. The standard InChI is InChI=1S/C17H22ClN3/c1-3-8-21-17(15(18)11-19-21)10-13-9-12(2)20-16-7-5-4-6-14(13)16/h4-7,11-13,20H,3,8-10H2,1-2H3. The molecule has 3 nitrogen and oxygen atoms in total. The summed E-state index contributed by atoms with van der Waals surface area (Å²) < 4.78 is 2.07. The Balaban J connectivity index is 1.90. The van der Waals surface area contributed by atoms with Gasteiger partial charge in [-0.3, -0.25) is 4.68 Å². The highest BCUT2D eigenvalue weighted by molar-refractivity contribution is 6.31. The quantitative estimate of drug-likeness (QED) is 0.902. The van der Waals surface area contributed by atoms with Gasteiger partial charge in [-0.05, 0) is 43.7 Å². The fourth-order valence-corrected chi connectivity index (χ4v) is 3.50. The lowest BCUT2D eigenvalue weighted by atomic mass is 9.84. The van der Waals surface area contributed by atoms with E-state index in [2.05, 4.69) is 53.2 Å². The lowest BCUT2D eigenvalue weighted by molar-refractivity contribution is 0.511. The zero-order valence-corrected chi connectivity index (χ0v) is 13.4. The van der Waals surface area contributed by atoms with E-state index in [4.69, 9.17) is 11.6 Å². The maximum Gasteiger partial charge on any atom is 0.0818 e. The van der Waals surface area contributed by atoms with Crippen LogP contribution in [0.5, 0.6) is 0 Å². The van der Waals surface area contributed by atoms with E-state index in [0.717, 1.165) is 30.8 Å². The maximum atomic E-state index is 6.36. The third-order valence-corrected chi connectivity index (χ3v) is 4.53. The smallest absolute Gasteiger partial charge is 0.0818 e. The number of nitrogens with zero attached hydrogens (tertiary/aromatic N) is 2. The third kappa shape index (κ3) is 2.93. The van der Waals surface area contributed by atoms with Gasteiger partial charge in [0.05, 0.1) is 16.9 Å². The molecule has 2 heterocycles. The van der Waals surface area contributed by atoms with Gasteiger partial charge in [-0.1, -0.05) is 36.7 Å². The van der Waals surface area contributed by atoms with Crippen LogP contribution >= 0.6 is 11.6 Å². The van der Waals surface area contributed by atoms with E-state index >= 15 is 0 Å². The number of hydrogen-bond acceptors (Lipinski definition) is 2. The predicted octanol–water partition coefficient (Wildman–Crippen LogP) is 4.48. The van der Waals surface area contributed by atoms with Crippen molar-refractivity contribution in [2.45, 2.75) is 51.6 Å². The van der Waals surface area contributed by atoms with Gasteiger partial charge in [0.15, 0.2) is 0 Å². The van der Waals surface area contributed by atoms with E-state index in [9.17, 15) is 0 Å². The minimum Gasteiger partial charge on any atom is -0.382 e. The van der Waals surface area contributed by atoms with Crippen molar-refractivity contribution in [3.8, 4) is 0 Å². The van der Waals surface area contributed by atoms with Crippen LogP contribution in [0, 0.1) is 0 Å². The summed E-state index contributed by atoms with van der Waals surface area (Å²) in [4.78, 5) is 0. The van der Waals surface area contributed by atoms with E-state index in [1.165, 1.54) is 16.9 Å². The molecule has 2 unspecified atom stereocenters. The Morgan fingerprint density at radius 1 is 1.38 bits per heavy atom. The molecule has 4 heteroatoms. The van der Waals surface area contributed by atoms with Gasteiger partial charge >= 0.3 is 0 Å². The molecule has 1 aromatic carbocycles. The lowest BCUT2D eigenvalue weighted by Crippen LogP contribution is -2.26. The number of aryl methyl sites for hydroxylation is 1. The minimum absolute atomic E-state index is 0.492. The van der Waals surface area contributed by atoms with E-state index in [1.807, 2.05) is 0 Å². The molecular formula is C17H22ClN3. The average Bonchev–Trinajstić information content (AvgIpc) is 2.80. The van der Waals surface area contributed by atoms with E-state index in [1.54, 1.807) is 6.20 Å². The monoisotopic (exact) mass is 303 g/mol. The van der Waals surface area contributed by atoms with Gasteiger partial charge in [-0.25, -0.2) is 0 Å². The molecule has 112 valence electrons. The zero-order valence-electron chi connectivity index (χ0n) is 12.6. The number of benzene rings is 1. The fourth-order valence-electron chi connectivity index (χ4n) is 3.28. The molecule has 0 radical (unpaired) electrons. The first kappa shape index (κ1) is 14.5.